The minimum absolute atomic E-state index is 0.403. The lowest BCUT2D eigenvalue weighted by Crippen LogP contribution is -2.39. The first-order chi connectivity index (χ1) is 13.2. The fourth-order valence-electron chi connectivity index (χ4n) is 3.60. The summed E-state index contributed by atoms with van der Waals surface area (Å²) in [5.41, 5.74) is 4.21. The predicted molar refractivity (Wildman–Crippen MR) is 105 cm³/mol. The molecule has 3 aromatic heterocycles. The summed E-state index contributed by atoms with van der Waals surface area (Å²) in [4.78, 5) is 15.8. The van der Waals surface area contributed by atoms with Gasteiger partial charge in [0.05, 0.1) is 11.4 Å². The highest BCUT2D eigenvalue weighted by Crippen LogP contribution is 2.22. The maximum absolute atomic E-state index is 4.70. The third-order valence-corrected chi connectivity index (χ3v) is 4.99. The first-order valence-electron chi connectivity index (χ1n) is 9.39. The van der Waals surface area contributed by atoms with Gasteiger partial charge in [0, 0.05) is 63.1 Å². The lowest BCUT2D eigenvalue weighted by molar-refractivity contribution is 0.211. The van der Waals surface area contributed by atoms with E-state index in [0.717, 1.165) is 49.4 Å². The van der Waals surface area contributed by atoms with Gasteiger partial charge in [0.2, 0.25) is 5.95 Å². The van der Waals surface area contributed by atoms with Crippen LogP contribution in [0.2, 0.25) is 0 Å². The van der Waals surface area contributed by atoms with Crippen molar-refractivity contribution in [2.24, 2.45) is 7.05 Å². The van der Waals surface area contributed by atoms with Gasteiger partial charge in [0.25, 0.3) is 0 Å². The molecule has 1 N–H and O–H groups in total. The van der Waals surface area contributed by atoms with Crippen LogP contribution in [0.1, 0.15) is 24.1 Å². The number of aryl methyl sites for hydroxylation is 2. The van der Waals surface area contributed by atoms with E-state index in [-0.39, 0.29) is 0 Å². The maximum Gasteiger partial charge on any atom is 0.223 e. The number of nitrogens with zero attached hydrogens (tertiary/aromatic N) is 6. The molecule has 0 spiro atoms. The summed E-state index contributed by atoms with van der Waals surface area (Å²) in [5, 5.41) is 7.91. The molecule has 1 aliphatic heterocycles. The lowest BCUT2D eigenvalue weighted by Gasteiger charge is -2.32. The molecule has 0 radical (unpaired) electrons. The van der Waals surface area contributed by atoms with Crippen LogP contribution in [0.25, 0.3) is 11.3 Å². The van der Waals surface area contributed by atoms with Crippen LogP contribution in [-0.4, -0.2) is 48.8 Å². The SMILES string of the molecule is Cc1nn(C)cc1-c1ccnc(NC2CCN(Cc3cccnc3)CC2)n1. The Morgan fingerprint density at radius 1 is 1.19 bits per heavy atom. The highest BCUT2D eigenvalue weighted by molar-refractivity contribution is 5.61. The van der Waals surface area contributed by atoms with E-state index in [0.29, 0.717) is 12.0 Å². The Labute approximate surface area is 159 Å². The van der Waals surface area contributed by atoms with Crippen molar-refractivity contribution >= 4 is 5.95 Å². The average molecular weight is 363 g/mol. The Morgan fingerprint density at radius 3 is 2.74 bits per heavy atom. The van der Waals surface area contributed by atoms with E-state index < -0.39 is 0 Å². The summed E-state index contributed by atoms with van der Waals surface area (Å²) in [6.07, 6.45) is 9.75. The quantitative estimate of drug-likeness (QED) is 0.751. The van der Waals surface area contributed by atoms with Gasteiger partial charge in [0.1, 0.15) is 0 Å². The standard InChI is InChI=1S/C20H25N7/c1-15-18(14-26(2)25-15)19-5-9-22-20(24-19)23-17-6-10-27(11-7-17)13-16-4-3-8-21-12-16/h3-5,8-9,12,14,17H,6-7,10-11,13H2,1-2H3,(H,22,23,24). The molecule has 0 saturated carbocycles. The van der Waals surface area contributed by atoms with Gasteiger partial charge in [0.15, 0.2) is 0 Å². The van der Waals surface area contributed by atoms with E-state index in [9.17, 15) is 0 Å². The van der Waals surface area contributed by atoms with Crippen molar-refractivity contribution in [3.8, 4) is 11.3 Å². The van der Waals surface area contributed by atoms with Crippen LogP contribution >= 0.6 is 0 Å². The summed E-state index contributed by atoms with van der Waals surface area (Å²) in [7, 11) is 1.93. The summed E-state index contributed by atoms with van der Waals surface area (Å²) >= 11 is 0. The van der Waals surface area contributed by atoms with E-state index in [1.54, 1.807) is 0 Å². The van der Waals surface area contributed by atoms with E-state index in [1.807, 2.05) is 55.6 Å². The third kappa shape index (κ3) is 4.31. The summed E-state index contributed by atoms with van der Waals surface area (Å²) < 4.78 is 1.82. The molecule has 3 aromatic rings. The number of hydrogen-bond donors (Lipinski definition) is 1. The normalized spacial score (nSPS) is 15.8. The van der Waals surface area contributed by atoms with Crippen molar-refractivity contribution in [2.75, 3.05) is 18.4 Å². The first kappa shape index (κ1) is 17.6. The third-order valence-electron chi connectivity index (χ3n) is 4.99. The predicted octanol–water partition coefficient (Wildman–Crippen LogP) is 2.66. The minimum Gasteiger partial charge on any atom is -0.351 e. The Hall–Kier alpha value is -2.80. The van der Waals surface area contributed by atoms with Crippen LogP contribution in [0.5, 0.6) is 0 Å². The Bertz CT molecular complexity index is 882. The van der Waals surface area contributed by atoms with Gasteiger partial charge >= 0.3 is 0 Å². The van der Waals surface area contributed by atoms with Crippen LogP contribution in [0.4, 0.5) is 5.95 Å². The second-order valence-electron chi connectivity index (χ2n) is 7.12. The largest absolute Gasteiger partial charge is 0.351 e. The van der Waals surface area contributed by atoms with Crippen LogP contribution in [0.3, 0.4) is 0 Å². The molecule has 1 saturated heterocycles. The molecule has 4 heterocycles. The molecule has 0 bridgehead atoms. The molecule has 140 valence electrons. The van der Waals surface area contributed by atoms with E-state index in [4.69, 9.17) is 4.98 Å². The molecule has 7 nitrogen and oxygen atoms in total. The van der Waals surface area contributed by atoms with Gasteiger partial charge in [-0.2, -0.15) is 5.10 Å². The second kappa shape index (κ2) is 7.84. The molecule has 0 amide bonds. The molecule has 1 aliphatic rings. The number of piperidine rings is 1. The first-order valence-corrected chi connectivity index (χ1v) is 9.39. The number of rotatable bonds is 5. The summed E-state index contributed by atoms with van der Waals surface area (Å²) in [5.74, 6) is 0.696. The number of likely N-dealkylation sites (tertiary alicyclic amines) is 1. The minimum atomic E-state index is 0.403. The zero-order valence-electron chi connectivity index (χ0n) is 15.8. The van der Waals surface area contributed by atoms with Gasteiger partial charge in [-0.25, -0.2) is 9.97 Å². The van der Waals surface area contributed by atoms with Gasteiger partial charge in [-0.05, 0) is 37.5 Å². The Balaban J connectivity index is 1.35. The van der Waals surface area contributed by atoms with Crippen molar-refractivity contribution in [3.63, 3.8) is 0 Å². The number of anilines is 1. The fourth-order valence-corrected chi connectivity index (χ4v) is 3.60. The van der Waals surface area contributed by atoms with Crippen molar-refractivity contribution in [1.82, 2.24) is 29.6 Å². The lowest BCUT2D eigenvalue weighted by atomic mass is 10.0. The van der Waals surface area contributed by atoms with Gasteiger partial charge in [-0.15, -0.1) is 0 Å². The molecular weight excluding hydrogens is 338 g/mol. The molecule has 0 atom stereocenters. The number of nitrogens with one attached hydrogen (secondary N) is 1. The van der Waals surface area contributed by atoms with Crippen molar-refractivity contribution in [3.05, 3.63) is 54.2 Å². The van der Waals surface area contributed by atoms with Crippen LogP contribution in [-0.2, 0) is 13.6 Å². The van der Waals surface area contributed by atoms with Gasteiger partial charge in [-0.3, -0.25) is 14.6 Å². The van der Waals surface area contributed by atoms with Crippen LogP contribution in [0, 0.1) is 6.92 Å². The van der Waals surface area contributed by atoms with Gasteiger partial charge in [-0.1, -0.05) is 6.07 Å². The van der Waals surface area contributed by atoms with E-state index in [1.165, 1.54) is 5.56 Å². The van der Waals surface area contributed by atoms with Gasteiger partial charge < -0.3 is 5.32 Å². The molecule has 1 fully saturated rings. The monoisotopic (exact) mass is 363 g/mol. The number of hydrogen-bond acceptors (Lipinski definition) is 6. The van der Waals surface area contributed by atoms with Crippen LogP contribution < -0.4 is 5.32 Å². The van der Waals surface area contributed by atoms with E-state index in [2.05, 4.69) is 31.3 Å². The smallest absolute Gasteiger partial charge is 0.223 e. The highest BCUT2D eigenvalue weighted by Gasteiger charge is 2.20. The molecule has 27 heavy (non-hydrogen) atoms. The van der Waals surface area contributed by atoms with E-state index >= 15 is 0 Å². The Kier molecular flexibility index (Phi) is 5.11. The van der Waals surface area contributed by atoms with Crippen molar-refractivity contribution < 1.29 is 0 Å². The number of pyridine rings is 1. The maximum atomic E-state index is 4.70. The van der Waals surface area contributed by atoms with Crippen molar-refractivity contribution in [1.29, 1.82) is 0 Å². The molecule has 0 aromatic carbocycles. The summed E-state index contributed by atoms with van der Waals surface area (Å²) in [6, 6.07) is 6.47. The van der Waals surface area contributed by atoms with Crippen molar-refractivity contribution in [2.45, 2.75) is 32.4 Å². The summed E-state index contributed by atoms with van der Waals surface area (Å²) in [6.45, 7) is 5.09. The average Bonchev–Trinajstić information content (AvgIpc) is 3.03. The second-order valence-corrected chi connectivity index (χ2v) is 7.12. The molecule has 7 heteroatoms. The molecule has 4 rings (SSSR count). The Morgan fingerprint density at radius 2 is 2.04 bits per heavy atom. The molecular formula is C20H25N7. The fraction of sp³-hybridized carbons (Fsp3) is 0.400. The number of aromatic nitrogens is 5. The zero-order valence-corrected chi connectivity index (χ0v) is 15.8. The zero-order chi connectivity index (χ0) is 18.6. The van der Waals surface area contributed by atoms with Crippen LogP contribution in [0.15, 0.2) is 43.0 Å². The molecule has 0 aliphatic carbocycles. The molecule has 0 unspecified atom stereocenters. The topological polar surface area (TPSA) is 71.8 Å². The highest BCUT2D eigenvalue weighted by atomic mass is 15.3.